The predicted molar refractivity (Wildman–Crippen MR) is 149 cm³/mol. The molecule has 0 atom stereocenters. The molecule has 2 N–H and O–H groups in total. The Labute approximate surface area is 232 Å². The van der Waals surface area contributed by atoms with Crippen LogP contribution in [0.2, 0.25) is 5.02 Å². The smallest absolute Gasteiger partial charge is 0.291 e. The van der Waals surface area contributed by atoms with E-state index in [0.29, 0.717) is 17.8 Å². The Kier molecular flexibility index (Phi) is 10.4. The lowest BCUT2D eigenvalue weighted by atomic mass is 10.1. The number of anilines is 2. The molecule has 0 aliphatic heterocycles. The van der Waals surface area contributed by atoms with Gasteiger partial charge in [-0.2, -0.15) is 9.37 Å². The van der Waals surface area contributed by atoms with Crippen molar-refractivity contribution in [3.8, 4) is 11.3 Å². The predicted octanol–water partition coefficient (Wildman–Crippen LogP) is 4.58. The Hall–Kier alpha value is -3.57. The molecule has 3 rings (SSSR count). The minimum atomic E-state index is -0.889. The van der Waals surface area contributed by atoms with Crippen LogP contribution in [0.5, 0.6) is 0 Å². The Morgan fingerprint density at radius 3 is 2.41 bits per heavy atom. The van der Waals surface area contributed by atoms with E-state index in [1.165, 1.54) is 34.8 Å². The van der Waals surface area contributed by atoms with Crippen LogP contribution in [0, 0.1) is 11.8 Å². The van der Waals surface area contributed by atoms with Gasteiger partial charge in [0.2, 0.25) is 5.95 Å². The minimum Gasteiger partial charge on any atom is -0.360 e. The molecule has 0 saturated carbocycles. The minimum absolute atomic E-state index is 0.0370. The topological polar surface area (TPSA) is 95.4 Å². The second-order valence-corrected chi connectivity index (χ2v) is 10.1. The maximum absolute atomic E-state index is 14.6. The van der Waals surface area contributed by atoms with Gasteiger partial charge < -0.3 is 25.0 Å². The van der Waals surface area contributed by atoms with Crippen LogP contribution in [0.1, 0.15) is 46.7 Å². The van der Waals surface area contributed by atoms with Crippen LogP contribution in [0.15, 0.2) is 30.5 Å². The molecule has 2 amide bonds. The molecule has 1 aromatic carbocycles. The van der Waals surface area contributed by atoms with Crippen molar-refractivity contribution in [1.82, 2.24) is 24.8 Å². The molecule has 3 aromatic rings. The third-order valence-corrected chi connectivity index (χ3v) is 6.40. The summed E-state index contributed by atoms with van der Waals surface area (Å²) in [5, 5.41) is 5.72. The first-order valence-corrected chi connectivity index (χ1v) is 13.0. The highest BCUT2D eigenvalue weighted by Crippen LogP contribution is 2.27. The molecule has 0 aliphatic carbocycles. The lowest BCUT2D eigenvalue weighted by Crippen LogP contribution is -2.25. The van der Waals surface area contributed by atoms with Gasteiger partial charge in [0.1, 0.15) is 0 Å². The second kappa shape index (κ2) is 13.5. The first-order chi connectivity index (χ1) is 18.5. The standard InChI is InChI=1S/C27H34ClF2N7O2/c1-35(2)13-9-7-6-8-12-31-26(38)18-11-10-17(14-20(18)28)33-27(39)25-32-16-22(37(25)5)19-15-21(29)24(36(3)4)34-23(19)30/h10-11,14-16H,6-9,12-13H2,1-5H3,(H,31,38)(H,33,39). The van der Waals surface area contributed by atoms with Gasteiger partial charge in [0.05, 0.1) is 28.0 Å². The van der Waals surface area contributed by atoms with Crippen molar-refractivity contribution in [3.05, 3.63) is 58.6 Å². The number of amides is 2. The van der Waals surface area contributed by atoms with Crippen molar-refractivity contribution < 1.29 is 18.4 Å². The van der Waals surface area contributed by atoms with E-state index in [9.17, 15) is 18.4 Å². The number of rotatable bonds is 12. The van der Waals surface area contributed by atoms with Crippen molar-refractivity contribution in [1.29, 1.82) is 0 Å². The fraction of sp³-hybridized carbons (Fsp3) is 0.407. The molecule has 0 saturated heterocycles. The summed E-state index contributed by atoms with van der Waals surface area (Å²) >= 11 is 6.32. The maximum Gasteiger partial charge on any atom is 0.291 e. The van der Waals surface area contributed by atoms with E-state index in [4.69, 9.17) is 11.6 Å². The van der Waals surface area contributed by atoms with Crippen LogP contribution in [-0.4, -0.2) is 72.5 Å². The number of carbonyl (C=O) groups excluding carboxylic acids is 2. The van der Waals surface area contributed by atoms with Crippen molar-refractivity contribution in [2.45, 2.75) is 25.7 Å². The van der Waals surface area contributed by atoms with Gasteiger partial charge in [0, 0.05) is 33.4 Å². The number of hydrogen-bond acceptors (Lipinski definition) is 6. The molecule has 39 heavy (non-hydrogen) atoms. The van der Waals surface area contributed by atoms with E-state index in [1.807, 2.05) is 14.1 Å². The number of imidazole rings is 1. The van der Waals surface area contributed by atoms with E-state index >= 15 is 0 Å². The normalized spacial score (nSPS) is 11.1. The van der Waals surface area contributed by atoms with Gasteiger partial charge in [-0.3, -0.25) is 9.59 Å². The highest BCUT2D eigenvalue weighted by Gasteiger charge is 2.21. The van der Waals surface area contributed by atoms with Crippen LogP contribution < -0.4 is 15.5 Å². The molecular weight excluding hydrogens is 528 g/mol. The zero-order valence-corrected chi connectivity index (χ0v) is 23.6. The van der Waals surface area contributed by atoms with E-state index in [0.717, 1.165) is 38.3 Å². The number of benzene rings is 1. The summed E-state index contributed by atoms with van der Waals surface area (Å²) in [7, 11) is 8.71. The molecule has 2 aromatic heterocycles. The van der Waals surface area contributed by atoms with Gasteiger partial charge in [-0.25, -0.2) is 9.37 Å². The SMILES string of the molecule is CN(C)CCCCCCNC(=O)c1ccc(NC(=O)c2ncc(-c3cc(F)c(N(C)C)nc3F)n2C)cc1Cl. The Morgan fingerprint density at radius 1 is 1.03 bits per heavy atom. The molecule has 0 fully saturated rings. The Balaban J connectivity index is 1.62. The van der Waals surface area contributed by atoms with Gasteiger partial charge in [-0.1, -0.05) is 24.4 Å². The van der Waals surface area contributed by atoms with Crippen LogP contribution in [0.4, 0.5) is 20.3 Å². The van der Waals surface area contributed by atoms with E-state index in [1.54, 1.807) is 20.2 Å². The van der Waals surface area contributed by atoms with Crippen molar-refractivity contribution in [3.63, 3.8) is 0 Å². The van der Waals surface area contributed by atoms with Gasteiger partial charge in [-0.05, 0) is 57.7 Å². The third kappa shape index (κ3) is 7.73. The molecular formula is C27H34ClF2N7O2. The fourth-order valence-corrected chi connectivity index (χ4v) is 4.26. The molecule has 0 spiro atoms. The summed E-state index contributed by atoms with van der Waals surface area (Å²) in [6, 6.07) is 5.58. The van der Waals surface area contributed by atoms with Crippen molar-refractivity contribution in [2.75, 3.05) is 51.5 Å². The third-order valence-electron chi connectivity index (χ3n) is 6.09. The lowest BCUT2D eigenvalue weighted by molar-refractivity contribution is 0.0952. The van der Waals surface area contributed by atoms with Crippen LogP contribution in [-0.2, 0) is 7.05 Å². The molecule has 0 aliphatic rings. The first-order valence-electron chi connectivity index (χ1n) is 12.6. The Bertz CT molecular complexity index is 1330. The van der Waals surface area contributed by atoms with Gasteiger partial charge >= 0.3 is 0 Å². The molecule has 12 heteroatoms. The van der Waals surface area contributed by atoms with E-state index in [-0.39, 0.29) is 33.8 Å². The number of carbonyl (C=O) groups is 2. The largest absolute Gasteiger partial charge is 0.360 e. The second-order valence-electron chi connectivity index (χ2n) is 9.67. The number of nitrogens with one attached hydrogen (secondary N) is 2. The maximum atomic E-state index is 14.6. The number of pyridine rings is 1. The summed E-state index contributed by atoms with van der Waals surface area (Å²) in [5.74, 6) is -2.65. The zero-order chi connectivity index (χ0) is 28.7. The van der Waals surface area contributed by atoms with E-state index < -0.39 is 17.7 Å². The number of nitrogens with zero attached hydrogens (tertiary/aromatic N) is 5. The van der Waals surface area contributed by atoms with Crippen molar-refractivity contribution in [2.24, 2.45) is 7.05 Å². The summed E-state index contributed by atoms with van der Waals surface area (Å²) in [6.45, 7) is 1.60. The van der Waals surface area contributed by atoms with Gasteiger partial charge in [-0.15, -0.1) is 0 Å². The highest BCUT2D eigenvalue weighted by atomic mass is 35.5. The van der Waals surface area contributed by atoms with E-state index in [2.05, 4.69) is 25.5 Å². The van der Waals surface area contributed by atoms with Crippen LogP contribution >= 0.6 is 11.6 Å². The molecule has 0 unspecified atom stereocenters. The number of hydrogen-bond donors (Lipinski definition) is 2. The molecule has 0 radical (unpaired) electrons. The van der Waals surface area contributed by atoms with Crippen LogP contribution in [0.25, 0.3) is 11.3 Å². The van der Waals surface area contributed by atoms with Crippen molar-refractivity contribution >= 4 is 34.9 Å². The Morgan fingerprint density at radius 2 is 1.74 bits per heavy atom. The first kappa shape index (κ1) is 30.0. The summed E-state index contributed by atoms with van der Waals surface area (Å²) < 4.78 is 30.4. The molecule has 0 bridgehead atoms. The van der Waals surface area contributed by atoms with Gasteiger partial charge in [0.15, 0.2) is 17.5 Å². The summed E-state index contributed by atoms with van der Waals surface area (Å²) in [6.07, 6.45) is 5.40. The lowest BCUT2D eigenvalue weighted by Gasteiger charge is -2.14. The summed E-state index contributed by atoms with van der Waals surface area (Å²) in [4.78, 5) is 36.7. The molecule has 9 nitrogen and oxygen atoms in total. The zero-order valence-electron chi connectivity index (χ0n) is 22.8. The summed E-state index contributed by atoms with van der Waals surface area (Å²) in [5.41, 5.74) is 0.699. The van der Waals surface area contributed by atoms with Crippen LogP contribution in [0.3, 0.4) is 0 Å². The molecule has 210 valence electrons. The number of halogens is 3. The highest BCUT2D eigenvalue weighted by molar-refractivity contribution is 6.34. The molecule has 2 heterocycles. The monoisotopic (exact) mass is 561 g/mol. The fourth-order valence-electron chi connectivity index (χ4n) is 3.99. The quantitative estimate of drug-likeness (QED) is 0.248. The number of unbranched alkanes of at least 4 members (excludes halogenated alkanes) is 3. The average molecular weight is 562 g/mol. The average Bonchev–Trinajstić information content (AvgIpc) is 3.25. The van der Waals surface area contributed by atoms with Gasteiger partial charge in [0.25, 0.3) is 11.8 Å². The number of aromatic nitrogens is 3.